The lowest BCUT2D eigenvalue weighted by molar-refractivity contribution is 0.305. The van der Waals surface area contributed by atoms with Crippen LogP contribution in [0.3, 0.4) is 0 Å². The Morgan fingerprint density at radius 3 is 2.81 bits per heavy atom. The summed E-state index contributed by atoms with van der Waals surface area (Å²) in [5.74, 6) is 0.558. The first-order chi connectivity index (χ1) is 15.0. The Labute approximate surface area is 183 Å². The van der Waals surface area contributed by atoms with Crippen LogP contribution in [-0.4, -0.2) is 20.1 Å². The van der Waals surface area contributed by atoms with Gasteiger partial charge in [0, 0.05) is 23.1 Å². The molecule has 0 radical (unpaired) electrons. The number of rotatable bonds is 6. The zero-order valence-corrected chi connectivity index (χ0v) is 17.3. The summed E-state index contributed by atoms with van der Waals surface area (Å²) < 4.78 is 20.3. The van der Waals surface area contributed by atoms with Crippen LogP contribution < -0.4 is 10.1 Å². The highest BCUT2D eigenvalue weighted by atomic mass is 35.5. The Morgan fingerprint density at radius 1 is 1.13 bits per heavy atom. The molecule has 0 spiro atoms. The van der Waals surface area contributed by atoms with E-state index in [9.17, 15) is 9.50 Å². The summed E-state index contributed by atoms with van der Waals surface area (Å²) in [5, 5.41) is 13.2. The number of aromatic hydroxyl groups is 1. The molecule has 2 N–H and O–H groups in total. The normalized spacial score (nSPS) is 10.7. The lowest BCUT2D eigenvalue weighted by Crippen LogP contribution is -2.05. The summed E-state index contributed by atoms with van der Waals surface area (Å²) >= 11 is 6.03. The monoisotopic (exact) mass is 436 g/mol. The molecule has 4 rings (SSSR count). The SMILES string of the molecule is Cc1cnccc1Nc1nc(-c2cc(Cl)ccc2F)ncc1OCc1cccc(O)c1. The van der Waals surface area contributed by atoms with Gasteiger partial charge in [-0.25, -0.2) is 14.4 Å². The predicted octanol–water partition coefficient (Wildman–Crippen LogP) is 5.67. The molecule has 0 fully saturated rings. The highest BCUT2D eigenvalue weighted by molar-refractivity contribution is 6.30. The van der Waals surface area contributed by atoms with Crippen LogP contribution >= 0.6 is 11.6 Å². The van der Waals surface area contributed by atoms with E-state index in [0.717, 1.165) is 16.8 Å². The van der Waals surface area contributed by atoms with Gasteiger partial charge < -0.3 is 15.2 Å². The van der Waals surface area contributed by atoms with Crippen LogP contribution in [0.4, 0.5) is 15.9 Å². The molecule has 2 aromatic heterocycles. The Morgan fingerprint density at radius 2 is 2.00 bits per heavy atom. The minimum absolute atomic E-state index is 0.148. The van der Waals surface area contributed by atoms with E-state index in [1.165, 1.54) is 24.4 Å². The number of hydrogen-bond donors (Lipinski definition) is 2. The van der Waals surface area contributed by atoms with E-state index < -0.39 is 5.82 Å². The second kappa shape index (κ2) is 8.97. The fourth-order valence-electron chi connectivity index (χ4n) is 2.91. The Kier molecular flexibility index (Phi) is 5.95. The minimum atomic E-state index is -0.483. The molecule has 0 bridgehead atoms. The van der Waals surface area contributed by atoms with Gasteiger partial charge in [0.1, 0.15) is 18.2 Å². The van der Waals surface area contributed by atoms with Gasteiger partial charge in [-0.2, -0.15) is 0 Å². The van der Waals surface area contributed by atoms with Crippen LogP contribution in [0.5, 0.6) is 11.5 Å². The predicted molar refractivity (Wildman–Crippen MR) is 117 cm³/mol. The molecule has 0 amide bonds. The summed E-state index contributed by atoms with van der Waals surface area (Å²) in [6.07, 6.45) is 4.85. The lowest BCUT2D eigenvalue weighted by Gasteiger charge is -2.15. The first-order valence-electron chi connectivity index (χ1n) is 9.40. The van der Waals surface area contributed by atoms with Crippen molar-refractivity contribution in [1.82, 2.24) is 15.0 Å². The van der Waals surface area contributed by atoms with E-state index >= 15 is 0 Å². The number of phenolic OH excluding ortho intramolecular Hbond substituents is 1. The third-order valence-corrected chi connectivity index (χ3v) is 4.74. The van der Waals surface area contributed by atoms with E-state index in [1.54, 1.807) is 36.7 Å². The van der Waals surface area contributed by atoms with E-state index in [-0.39, 0.29) is 23.7 Å². The van der Waals surface area contributed by atoms with Crippen LogP contribution in [-0.2, 0) is 6.61 Å². The fourth-order valence-corrected chi connectivity index (χ4v) is 3.09. The maximum absolute atomic E-state index is 14.4. The van der Waals surface area contributed by atoms with E-state index in [1.807, 2.05) is 13.0 Å². The van der Waals surface area contributed by atoms with Crippen molar-refractivity contribution in [1.29, 1.82) is 0 Å². The highest BCUT2D eigenvalue weighted by Gasteiger charge is 2.15. The summed E-state index contributed by atoms with van der Waals surface area (Å²) in [4.78, 5) is 12.9. The summed E-state index contributed by atoms with van der Waals surface area (Å²) in [5.41, 5.74) is 2.63. The van der Waals surface area contributed by atoms with E-state index in [4.69, 9.17) is 16.3 Å². The summed E-state index contributed by atoms with van der Waals surface area (Å²) in [6, 6.07) is 12.8. The van der Waals surface area contributed by atoms with Crippen molar-refractivity contribution in [2.75, 3.05) is 5.32 Å². The number of nitrogens with one attached hydrogen (secondary N) is 1. The molecule has 4 aromatic rings. The molecule has 0 saturated carbocycles. The van der Waals surface area contributed by atoms with Crippen LogP contribution in [0.2, 0.25) is 5.02 Å². The van der Waals surface area contributed by atoms with Crippen molar-refractivity contribution in [3.8, 4) is 22.9 Å². The standard InChI is InChI=1S/C23H18ClFN4O2/c1-14-11-26-8-7-20(14)28-23-21(31-13-15-3-2-4-17(30)9-15)12-27-22(29-23)18-10-16(24)5-6-19(18)25/h2-12,30H,13H2,1H3,(H,26,27,28,29). The van der Waals surface area contributed by atoms with Crippen LogP contribution in [0, 0.1) is 12.7 Å². The molecule has 0 aliphatic carbocycles. The molecule has 2 heterocycles. The maximum atomic E-state index is 14.4. The Balaban J connectivity index is 1.71. The highest BCUT2D eigenvalue weighted by Crippen LogP contribution is 2.31. The minimum Gasteiger partial charge on any atom is -0.508 e. The molecule has 0 aliphatic heterocycles. The number of ether oxygens (including phenoxy) is 1. The average molecular weight is 437 g/mol. The zero-order valence-electron chi connectivity index (χ0n) is 16.5. The largest absolute Gasteiger partial charge is 0.508 e. The van der Waals surface area contributed by atoms with Crippen molar-refractivity contribution >= 4 is 23.1 Å². The Bertz CT molecular complexity index is 1240. The average Bonchev–Trinajstić information content (AvgIpc) is 2.76. The van der Waals surface area contributed by atoms with E-state index in [2.05, 4.69) is 20.3 Å². The van der Waals surface area contributed by atoms with Gasteiger partial charge in [-0.15, -0.1) is 0 Å². The molecule has 31 heavy (non-hydrogen) atoms. The zero-order chi connectivity index (χ0) is 21.8. The third kappa shape index (κ3) is 4.90. The molecular formula is C23H18ClFN4O2. The molecule has 156 valence electrons. The summed E-state index contributed by atoms with van der Waals surface area (Å²) in [6.45, 7) is 2.09. The molecule has 6 nitrogen and oxygen atoms in total. The molecular weight excluding hydrogens is 419 g/mol. The second-order valence-electron chi connectivity index (χ2n) is 6.80. The first-order valence-corrected chi connectivity index (χ1v) is 9.78. The molecule has 0 saturated heterocycles. The van der Waals surface area contributed by atoms with Gasteiger partial charge in [-0.05, 0) is 54.4 Å². The van der Waals surface area contributed by atoms with Gasteiger partial charge in [0.15, 0.2) is 17.4 Å². The van der Waals surface area contributed by atoms with E-state index in [0.29, 0.717) is 16.6 Å². The van der Waals surface area contributed by atoms with Crippen LogP contribution in [0.25, 0.3) is 11.4 Å². The second-order valence-corrected chi connectivity index (χ2v) is 7.24. The van der Waals surface area contributed by atoms with Gasteiger partial charge in [0.2, 0.25) is 0 Å². The number of hydrogen-bond acceptors (Lipinski definition) is 6. The molecule has 8 heteroatoms. The topological polar surface area (TPSA) is 80.2 Å². The van der Waals surface area contributed by atoms with Gasteiger partial charge in [-0.3, -0.25) is 4.98 Å². The smallest absolute Gasteiger partial charge is 0.180 e. The molecule has 0 atom stereocenters. The lowest BCUT2D eigenvalue weighted by atomic mass is 10.2. The van der Waals surface area contributed by atoms with Crippen molar-refractivity contribution in [2.45, 2.75) is 13.5 Å². The number of nitrogens with zero attached hydrogens (tertiary/aromatic N) is 3. The van der Waals surface area contributed by atoms with Gasteiger partial charge in [0.25, 0.3) is 0 Å². The number of anilines is 2. The van der Waals surface area contributed by atoms with Gasteiger partial charge in [0.05, 0.1) is 11.8 Å². The molecule has 0 aliphatic rings. The van der Waals surface area contributed by atoms with Crippen molar-refractivity contribution in [2.24, 2.45) is 0 Å². The van der Waals surface area contributed by atoms with Gasteiger partial charge >= 0.3 is 0 Å². The van der Waals surface area contributed by atoms with Crippen LogP contribution in [0.15, 0.2) is 67.1 Å². The molecule has 2 aromatic carbocycles. The van der Waals surface area contributed by atoms with Crippen molar-refractivity contribution < 1.29 is 14.2 Å². The number of benzene rings is 2. The number of aromatic nitrogens is 3. The number of pyridine rings is 1. The fraction of sp³-hybridized carbons (Fsp3) is 0.0870. The third-order valence-electron chi connectivity index (χ3n) is 4.50. The number of aryl methyl sites for hydroxylation is 1. The molecule has 0 unspecified atom stereocenters. The first kappa shape index (κ1) is 20.6. The Hall–Kier alpha value is -3.71. The van der Waals surface area contributed by atoms with Crippen molar-refractivity contribution in [3.63, 3.8) is 0 Å². The van der Waals surface area contributed by atoms with Crippen molar-refractivity contribution in [3.05, 3.63) is 89.1 Å². The number of phenols is 1. The number of halogens is 2. The van der Waals surface area contributed by atoms with Crippen LogP contribution in [0.1, 0.15) is 11.1 Å². The summed E-state index contributed by atoms with van der Waals surface area (Å²) in [7, 11) is 0. The quantitative estimate of drug-likeness (QED) is 0.405. The maximum Gasteiger partial charge on any atom is 0.180 e. The van der Waals surface area contributed by atoms with Gasteiger partial charge in [-0.1, -0.05) is 23.7 Å².